The van der Waals surface area contributed by atoms with Crippen LogP contribution < -0.4 is 5.32 Å². The van der Waals surface area contributed by atoms with E-state index in [2.05, 4.69) is 30.4 Å². The summed E-state index contributed by atoms with van der Waals surface area (Å²) in [7, 11) is 0. The molecule has 0 saturated heterocycles. The van der Waals surface area contributed by atoms with Gasteiger partial charge in [0.25, 0.3) is 0 Å². The third-order valence-corrected chi connectivity index (χ3v) is 4.72. The van der Waals surface area contributed by atoms with E-state index in [0.717, 1.165) is 21.5 Å². The molecule has 1 aliphatic rings. The summed E-state index contributed by atoms with van der Waals surface area (Å²) in [5, 5.41) is 5.35. The predicted molar refractivity (Wildman–Crippen MR) is 89.9 cm³/mol. The van der Waals surface area contributed by atoms with Crippen molar-refractivity contribution < 1.29 is 0 Å². The number of hydrogen-bond acceptors (Lipinski definition) is 1. The van der Waals surface area contributed by atoms with Crippen LogP contribution >= 0.6 is 23.2 Å². The smallest absolute Gasteiger partial charge is 0.0453 e. The summed E-state index contributed by atoms with van der Waals surface area (Å²) in [5.74, 6) is 0.719. The summed E-state index contributed by atoms with van der Waals surface area (Å²) in [6.45, 7) is 2.17. The summed E-state index contributed by atoms with van der Waals surface area (Å²) in [6, 6.07) is 16.8. The number of hydrogen-bond donors (Lipinski definition) is 1. The van der Waals surface area contributed by atoms with Crippen molar-refractivity contribution in [1.82, 2.24) is 5.32 Å². The Morgan fingerprint density at radius 1 is 1.00 bits per heavy atom. The molecule has 3 rings (SSSR count). The molecule has 0 amide bonds. The lowest BCUT2D eigenvalue weighted by Crippen LogP contribution is -2.26. The van der Waals surface area contributed by atoms with Crippen molar-refractivity contribution in [2.45, 2.75) is 31.8 Å². The van der Waals surface area contributed by atoms with Crippen molar-refractivity contribution >= 4 is 23.2 Å². The second kappa shape index (κ2) is 6.39. The van der Waals surface area contributed by atoms with Crippen molar-refractivity contribution in [1.29, 1.82) is 0 Å². The van der Waals surface area contributed by atoms with Crippen molar-refractivity contribution in [3.63, 3.8) is 0 Å². The van der Waals surface area contributed by atoms with Gasteiger partial charge in [-0.3, -0.25) is 0 Å². The fraction of sp³-hybridized carbons (Fsp3) is 0.333. The summed E-state index contributed by atoms with van der Waals surface area (Å²) >= 11 is 12.3. The zero-order valence-corrected chi connectivity index (χ0v) is 13.5. The largest absolute Gasteiger partial charge is 0.303 e. The Bertz CT molecular complexity index is 605. The van der Waals surface area contributed by atoms with E-state index in [4.69, 9.17) is 23.2 Å². The average molecular weight is 320 g/mol. The number of nitrogens with one attached hydrogen (secondary N) is 1. The fourth-order valence-corrected chi connectivity index (χ4v) is 3.21. The monoisotopic (exact) mass is 319 g/mol. The lowest BCUT2D eigenvalue weighted by Gasteiger charge is -2.25. The van der Waals surface area contributed by atoms with Crippen molar-refractivity contribution in [2.75, 3.05) is 0 Å². The van der Waals surface area contributed by atoms with E-state index in [1.54, 1.807) is 0 Å². The number of benzene rings is 2. The molecule has 2 aromatic carbocycles. The highest BCUT2D eigenvalue weighted by molar-refractivity contribution is 6.31. The van der Waals surface area contributed by atoms with Gasteiger partial charge >= 0.3 is 0 Å². The Morgan fingerprint density at radius 3 is 2.29 bits per heavy atom. The van der Waals surface area contributed by atoms with Gasteiger partial charge in [0.1, 0.15) is 0 Å². The highest BCUT2D eigenvalue weighted by Gasteiger charge is 2.33. The molecule has 110 valence electrons. The van der Waals surface area contributed by atoms with Gasteiger partial charge in [0.05, 0.1) is 0 Å². The van der Waals surface area contributed by atoms with Gasteiger partial charge in [-0.2, -0.15) is 0 Å². The predicted octanol–water partition coefficient (Wildman–Crippen LogP) is 5.80. The number of halogens is 2. The maximum atomic E-state index is 6.31. The van der Waals surface area contributed by atoms with Gasteiger partial charge in [-0.15, -0.1) is 0 Å². The molecule has 0 radical (unpaired) electrons. The molecule has 3 heteroatoms. The van der Waals surface area contributed by atoms with Gasteiger partial charge in [-0.25, -0.2) is 0 Å². The van der Waals surface area contributed by atoms with Gasteiger partial charge in [-0.1, -0.05) is 53.5 Å². The Hall–Kier alpha value is -1.02. The molecule has 2 atom stereocenters. The Balaban J connectivity index is 1.79. The first-order valence-corrected chi connectivity index (χ1v) is 8.16. The first kappa shape index (κ1) is 14.9. The van der Waals surface area contributed by atoms with Crippen LogP contribution in [0.4, 0.5) is 0 Å². The minimum Gasteiger partial charge on any atom is -0.303 e. The first-order chi connectivity index (χ1) is 10.1. The van der Waals surface area contributed by atoms with Crippen LogP contribution in [-0.4, -0.2) is 0 Å². The summed E-state index contributed by atoms with van der Waals surface area (Å²) < 4.78 is 0. The molecule has 0 spiro atoms. The summed E-state index contributed by atoms with van der Waals surface area (Å²) in [5.41, 5.74) is 2.46. The normalized spacial score (nSPS) is 17.5. The zero-order chi connectivity index (χ0) is 14.8. The molecule has 0 aliphatic heterocycles. The van der Waals surface area contributed by atoms with Gasteiger partial charge in [0.15, 0.2) is 0 Å². The second-order valence-corrected chi connectivity index (χ2v) is 6.62. The standard InChI is InChI=1S/C18H19Cl2N/c1-12(16-4-2-3-5-17(16)20)21-18(13-6-7-13)14-8-10-15(19)11-9-14/h2-5,8-13,18,21H,6-7H2,1H3/t12-,18?/m0/s1. The van der Waals surface area contributed by atoms with E-state index in [-0.39, 0.29) is 6.04 Å². The van der Waals surface area contributed by atoms with Gasteiger partial charge in [-0.05, 0) is 55.0 Å². The van der Waals surface area contributed by atoms with Crippen LogP contribution in [0, 0.1) is 5.92 Å². The van der Waals surface area contributed by atoms with E-state index in [0.29, 0.717) is 6.04 Å². The van der Waals surface area contributed by atoms with E-state index in [9.17, 15) is 0 Å². The highest BCUT2D eigenvalue weighted by Crippen LogP contribution is 2.42. The van der Waals surface area contributed by atoms with Crippen LogP contribution in [0.1, 0.15) is 43.0 Å². The van der Waals surface area contributed by atoms with Crippen molar-refractivity contribution in [2.24, 2.45) is 5.92 Å². The molecular formula is C18H19Cl2N. The molecule has 0 heterocycles. The van der Waals surface area contributed by atoms with Gasteiger partial charge in [0.2, 0.25) is 0 Å². The molecule has 1 saturated carbocycles. The number of rotatable bonds is 5. The quantitative estimate of drug-likeness (QED) is 0.734. The second-order valence-electron chi connectivity index (χ2n) is 5.78. The molecule has 1 aliphatic carbocycles. The van der Waals surface area contributed by atoms with Gasteiger partial charge in [0, 0.05) is 22.1 Å². The van der Waals surface area contributed by atoms with E-state index < -0.39 is 0 Å². The Morgan fingerprint density at radius 2 is 1.67 bits per heavy atom. The minimum absolute atomic E-state index is 0.222. The van der Waals surface area contributed by atoms with E-state index in [1.165, 1.54) is 18.4 Å². The molecule has 1 unspecified atom stereocenters. The van der Waals surface area contributed by atoms with Crippen LogP contribution in [0.5, 0.6) is 0 Å². The fourth-order valence-electron chi connectivity index (χ4n) is 2.79. The highest BCUT2D eigenvalue weighted by atomic mass is 35.5. The minimum atomic E-state index is 0.222. The van der Waals surface area contributed by atoms with Crippen LogP contribution in [0.3, 0.4) is 0 Å². The Kier molecular flexibility index (Phi) is 4.54. The third kappa shape index (κ3) is 3.60. The third-order valence-electron chi connectivity index (χ3n) is 4.12. The van der Waals surface area contributed by atoms with Crippen LogP contribution in [-0.2, 0) is 0 Å². The van der Waals surface area contributed by atoms with Crippen molar-refractivity contribution in [3.05, 3.63) is 69.7 Å². The molecule has 0 aromatic heterocycles. The summed E-state index contributed by atoms with van der Waals surface area (Å²) in [4.78, 5) is 0. The maximum Gasteiger partial charge on any atom is 0.0453 e. The lowest BCUT2D eigenvalue weighted by atomic mass is 9.99. The molecule has 1 nitrogen and oxygen atoms in total. The molecule has 1 fully saturated rings. The van der Waals surface area contributed by atoms with Crippen LogP contribution in [0.25, 0.3) is 0 Å². The van der Waals surface area contributed by atoms with E-state index in [1.807, 2.05) is 30.3 Å². The van der Waals surface area contributed by atoms with Crippen LogP contribution in [0.15, 0.2) is 48.5 Å². The molecule has 0 bridgehead atoms. The molecule has 1 N–H and O–H groups in total. The SMILES string of the molecule is C[C@H](NC(c1ccc(Cl)cc1)C1CC1)c1ccccc1Cl. The lowest BCUT2D eigenvalue weighted by molar-refractivity contribution is 0.427. The van der Waals surface area contributed by atoms with Crippen molar-refractivity contribution in [3.8, 4) is 0 Å². The Labute approximate surface area is 136 Å². The van der Waals surface area contributed by atoms with Gasteiger partial charge < -0.3 is 5.32 Å². The maximum absolute atomic E-state index is 6.31. The first-order valence-electron chi connectivity index (χ1n) is 7.41. The zero-order valence-electron chi connectivity index (χ0n) is 12.0. The average Bonchev–Trinajstić information content (AvgIpc) is 3.31. The van der Waals surface area contributed by atoms with Crippen LogP contribution in [0.2, 0.25) is 10.0 Å². The molecular weight excluding hydrogens is 301 g/mol. The molecule has 21 heavy (non-hydrogen) atoms. The molecule has 2 aromatic rings. The summed E-state index contributed by atoms with van der Waals surface area (Å²) in [6.07, 6.45) is 2.57. The van der Waals surface area contributed by atoms with E-state index >= 15 is 0 Å². The topological polar surface area (TPSA) is 12.0 Å².